The Morgan fingerprint density at radius 2 is 1.56 bits per heavy atom. The Morgan fingerprint density at radius 1 is 0.974 bits per heavy atom. The van der Waals surface area contributed by atoms with Crippen molar-refractivity contribution < 1.29 is 34.8 Å². The van der Waals surface area contributed by atoms with Crippen LogP contribution in [0.15, 0.2) is 24.3 Å². The van der Waals surface area contributed by atoms with E-state index in [1.54, 1.807) is 5.56 Å². The maximum absolute atomic E-state index is 10.3. The van der Waals surface area contributed by atoms with E-state index < -0.39 is 36.4 Å². The van der Waals surface area contributed by atoms with Gasteiger partial charge in [-0.3, -0.25) is 9.59 Å². The highest BCUT2D eigenvalue weighted by Gasteiger charge is 2.50. The van der Waals surface area contributed by atoms with Gasteiger partial charge < -0.3 is 35.6 Å². The van der Waals surface area contributed by atoms with Crippen molar-refractivity contribution >= 4 is 28.8 Å². The second-order valence-corrected chi connectivity index (χ2v) is 11.7. The van der Waals surface area contributed by atoms with Crippen LogP contribution in [0, 0.1) is 5.92 Å². The number of nitrogens with one attached hydrogen (secondary N) is 2. The maximum atomic E-state index is 10.3. The van der Waals surface area contributed by atoms with Crippen LogP contribution >= 0.6 is 0 Å². The molecule has 2 fully saturated rings. The van der Waals surface area contributed by atoms with Crippen LogP contribution in [0.25, 0.3) is 10.9 Å². The first-order chi connectivity index (χ1) is 18.4. The summed E-state index contributed by atoms with van der Waals surface area (Å²) < 4.78 is 0. The summed E-state index contributed by atoms with van der Waals surface area (Å²) in [6, 6.07) is 8.88. The number of carbonyl (C=O) groups is 3. The number of hydrogen-bond acceptors (Lipinski definition) is 6. The molecule has 2 aromatic rings. The Bertz CT molecular complexity index is 1190. The third kappa shape index (κ3) is 5.69. The van der Waals surface area contributed by atoms with Crippen molar-refractivity contribution in [2.75, 3.05) is 20.6 Å². The number of aliphatic carboxylic acids is 3. The molecule has 214 valence electrons. The lowest BCUT2D eigenvalue weighted by Gasteiger charge is -2.54. The van der Waals surface area contributed by atoms with Gasteiger partial charge in [0.05, 0.1) is 18.4 Å². The van der Waals surface area contributed by atoms with Gasteiger partial charge in [-0.15, -0.1) is 0 Å². The summed E-state index contributed by atoms with van der Waals surface area (Å²) >= 11 is 0. The molecule has 10 nitrogen and oxygen atoms in total. The number of nitrogens with zero attached hydrogens (tertiary/aromatic N) is 1. The van der Waals surface area contributed by atoms with Crippen LogP contribution in [0.5, 0.6) is 0 Å². The summed E-state index contributed by atoms with van der Waals surface area (Å²) in [6.45, 7) is 1.12. The summed E-state index contributed by atoms with van der Waals surface area (Å²) in [5, 5.41) is 39.2. The zero-order chi connectivity index (χ0) is 28.4. The smallest absolute Gasteiger partial charge is 0.336 e. The number of hydrogen-bond donors (Lipinski definition) is 6. The SMILES string of the molecule is CN(C)C1(C2CCCC2)CCC2(CC1)NCCc1c2[nH]c2ccccc12.O=C(O)CC(O)(CC(=O)O)C(=O)O. The number of rotatable bonds is 7. The van der Waals surface area contributed by atoms with Crippen molar-refractivity contribution in [3.8, 4) is 0 Å². The molecule has 1 aliphatic heterocycles. The molecule has 0 bridgehead atoms. The zero-order valence-electron chi connectivity index (χ0n) is 22.8. The summed E-state index contributed by atoms with van der Waals surface area (Å²) in [5.41, 5.74) is 2.26. The fourth-order valence-electron chi connectivity index (χ4n) is 7.32. The number of aromatic amines is 1. The lowest BCUT2D eigenvalue weighted by molar-refractivity contribution is -0.170. The molecule has 39 heavy (non-hydrogen) atoms. The van der Waals surface area contributed by atoms with E-state index >= 15 is 0 Å². The number of benzene rings is 1. The molecule has 1 aromatic heterocycles. The second-order valence-electron chi connectivity index (χ2n) is 11.7. The van der Waals surface area contributed by atoms with Crippen molar-refractivity contribution in [1.82, 2.24) is 15.2 Å². The minimum Gasteiger partial charge on any atom is -0.481 e. The topological polar surface area (TPSA) is 163 Å². The van der Waals surface area contributed by atoms with E-state index in [2.05, 4.69) is 53.6 Å². The normalized spacial score (nSPS) is 25.3. The highest BCUT2D eigenvalue weighted by Crippen LogP contribution is 2.51. The van der Waals surface area contributed by atoms with Crippen molar-refractivity contribution in [2.45, 2.75) is 87.3 Å². The Kier molecular flexibility index (Phi) is 8.39. The second kappa shape index (κ2) is 11.3. The van der Waals surface area contributed by atoms with E-state index in [0.29, 0.717) is 5.54 Å². The number of para-hydroxylation sites is 1. The van der Waals surface area contributed by atoms with E-state index in [0.717, 1.165) is 18.9 Å². The number of fused-ring (bicyclic) bond motifs is 4. The number of aliphatic hydroxyl groups is 1. The molecule has 6 N–H and O–H groups in total. The van der Waals surface area contributed by atoms with E-state index in [1.807, 2.05) is 0 Å². The van der Waals surface area contributed by atoms with Crippen LogP contribution in [0.3, 0.4) is 0 Å². The minimum absolute atomic E-state index is 0.171. The molecular weight excluding hydrogens is 502 g/mol. The lowest BCUT2D eigenvalue weighted by atomic mass is 9.63. The zero-order valence-corrected chi connectivity index (χ0v) is 22.8. The molecule has 2 aliphatic carbocycles. The van der Waals surface area contributed by atoms with Gasteiger partial charge in [0, 0.05) is 28.7 Å². The van der Waals surface area contributed by atoms with Crippen molar-refractivity contribution in [2.24, 2.45) is 5.92 Å². The molecule has 10 heteroatoms. The van der Waals surface area contributed by atoms with Gasteiger partial charge in [0.15, 0.2) is 5.60 Å². The first-order valence-corrected chi connectivity index (χ1v) is 13.8. The van der Waals surface area contributed by atoms with Gasteiger partial charge in [-0.25, -0.2) is 4.79 Å². The molecule has 5 rings (SSSR count). The van der Waals surface area contributed by atoms with Gasteiger partial charge in [0.1, 0.15) is 0 Å². The summed E-state index contributed by atoms with van der Waals surface area (Å²) in [4.78, 5) is 36.9. The van der Waals surface area contributed by atoms with Gasteiger partial charge >= 0.3 is 17.9 Å². The molecule has 1 spiro atoms. The monoisotopic (exact) mass is 543 g/mol. The molecule has 0 radical (unpaired) electrons. The Labute approximate surface area is 228 Å². The molecule has 0 amide bonds. The van der Waals surface area contributed by atoms with Crippen LogP contribution in [0.4, 0.5) is 0 Å². The average Bonchev–Trinajstić information content (AvgIpc) is 3.54. The van der Waals surface area contributed by atoms with E-state index in [4.69, 9.17) is 20.4 Å². The van der Waals surface area contributed by atoms with E-state index in [-0.39, 0.29) is 5.54 Å². The van der Waals surface area contributed by atoms with Crippen LogP contribution < -0.4 is 5.32 Å². The van der Waals surface area contributed by atoms with Gasteiger partial charge in [-0.05, 0) is 76.6 Å². The highest BCUT2D eigenvalue weighted by molar-refractivity contribution is 5.88. The van der Waals surface area contributed by atoms with E-state index in [9.17, 15) is 14.4 Å². The van der Waals surface area contributed by atoms with Crippen molar-refractivity contribution in [3.05, 3.63) is 35.5 Å². The lowest BCUT2D eigenvalue weighted by Crippen LogP contribution is -2.58. The molecule has 0 atom stereocenters. The molecule has 2 saturated carbocycles. The van der Waals surface area contributed by atoms with Gasteiger partial charge in [-0.1, -0.05) is 31.0 Å². The predicted molar refractivity (Wildman–Crippen MR) is 146 cm³/mol. The summed E-state index contributed by atoms with van der Waals surface area (Å²) in [7, 11) is 4.66. The van der Waals surface area contributed by atoms with Gasteiger partial charge in [-0.2, -0.15) is 0 Å². The number of aromatic nitrogens is 1. The third-order valence-corrected chi connectivity index (χ3v) is 9.39. The fraction of sp³-hybridized carbons (Fsp3) is 0.621. The number of carboxylic acid groups (broad SMARTS) is 3. The van der Waals surface area contributed by atoms with Gasteiger partial charge in [0.2, 0.25) is 0 Å². The molecule has 0 saturated heterocycles. The predicted octanol–water partition coefficient (Wildman–Crippen LogP) is 3.33. The van der Waals surface area contributed by atoms with Crippen molar-refractivity contribution in [3.63, 3.8) is 0 Å². The molecular formula is C29H41N3O7. The summed E-state index contributed by atoms with van der Waals surface area (Å²) in [5.74, 6) is -4.12. The third-order valence-electron chi connectivity index (χ3n) is 9.39. The van der Waals surface area contributed by atoms with Crippen LogP contribution in [-0.2, 0) is 26.3 Å². The maximum Gasteiger partial charge on any atom is 0.336 e. The first kappa shape index (κ1) is 29.0. The number of H-pyrrole nitrogens is 1. The fourth-order valence-corrected chi connectivity index (χ4v) is 7.32. The van der Waals surface area contributed by atoms with Crippen LogP contribution in [0.1, 0.15) is 75.5 Å². The van der Waals surface area contributed by atoms with Crippen molar-refractivity contribution in [1.29, 1.82) is 0 Å². The average molecular weight is 544 g/mol. The molecule has 1 aromatic carbocycles. The minimum atomic E-state index is -2.74. The Balaban J connectivity index is 0.000000233. The van der Waals surface area contributed by atoms with E-state index in [1.165, 1.54) is 68.0 Å². The molecule has 0 unspecified atom stereocenters. The highest BCUT2D eigenvalue weighted by atomic mass is 16.4. The Morgan fingerprint density at radius 3 is 2.10 bits per heavy atom. The van der Waals surface area contributed by atoms with Gasteiger partial charge in [0.25, 0.3) is 0 Å². The number of carboxylic acids is 3. The Hall–Kier alpha value is -2.95. The molecule has 3 aliphatic rings. The standard InChI is InChI=1S/C23H33N3.C6H8O7/c1-26(2)23(17-7-3-4-8-17)14-12-22(13-15-23)21-19(11-16-24-22)18-9-5-6-10-20(18)25-21;7-3(8)1-6(13,5(11)12)2-4(9)10/h5-6,9-10,17,24-25H,3-4,7-8,11-16H2,1-2H3;13H,1-2H2,(H,7,8)(H,9,10)(H,11,12). The van der Waals surface area contributed by atoms with Crippen LogP contribution in [-0.4, -0.2) is 80.0 Å². The summed E-state index contributed by atoms with van der Waals surface area (Å²) in [6.07, 6.45) is 9.81. The molecule has 2 heterocycles. The van der Waals surface area contributed by atoms with Crippen LogP contribution in [0.2, 0.25) is 0 Å². The largest absolute Gasteiger partial charge is 0.481 e. The first-order valence-electron chi connectivity index (χ1n) is 13.8. The quantitative estimate of drug-likeness (QED) is 0.307.